The molecule has 3 heteroatoms. The number of ether oxygens (including phenoxy) is 1. The van der Waals surface area contributed by atoms with Crippen molar-refractivity contribution in [2.75, 3.05) is 20.1 Å². The molecule has 1 aromatic carbocycles. The van der Waals surface area contributed by atoms with E-state index < -0.39 is 5.60 Å². The molecule has 1 fully saturated rings. The average molecular weight is 248 g/mol. The summed E-state index contributed by atoms with van der Waals surface area (Å²) in [5.41, 5.74) is 0.667. The van der Waals surface area contributed by atoms with E-state index in [1.165, 1.54) is 11.8 Å². The molecule has 0 spiro atoms. The Bertz CT molecular complexity index is 406. The number of carbonyl (C=O) groups excluding carboxylic acids is 1. The van der Waals surface area contributed by atoms with Gasteiger partial charge in [-0.15, -0.1) is 0 Å². The van der Waals surface area contributed by atoms with Gasteiger partial charge in [0.15, 0.2) is 5.60 Å². The average Bonchev–Trinajstić information content (AvgIpc) is 2.27. The van der Waals surface area contributed by atoms with Crippen LogP contribution in [-0.2, 0) is 15.1 Å². The highest BCUT2D eigenvalue weighted by Crippen LogP contribution is 2.33. The van der Waals surface area contributed by atoms with Crippen LogP contribution in [-0.4, -0.2) is 26.1 Å². The number of benzene rings is 1. The van der Waals surface area contributed by atoms with Gasteiger partial charge in [0.25, 0.3) is 0 Å². The van der Waals surface area contributed by atoms with Gasteiger partial charge < -0.3 is 9.64 Å². The zero-order chi connectivity index (χ0) is 13.2. The van der Waals surface area contributed by atoms with Crippen molar-refractivity contribution in [3.8, 4) is 0 Å². The van der Waals surface area contributed by atoms with Crippen molar-refractivity contribution in [1.29, 1.82) is 0 Å². The van der Waals surface area contributed by atoms with Crippen molar-refractivity contribution in [3.05, 3.63) is 35.9 Å². The maximum Gasteiger partial charge on any atom is 0.303 e. The van der Waals surface area contributed by atoms with Gasteiger partial charge in [0.05, 0.1) is 13.6 Å². The molecule has 1 aromatic rings. The number of esters is 1. The molecule has 0 aromatic heterocycles. The lowest BCUT2D eigenvalue weighted by Crippen LogP contribution is -3.12. The Morgan fingerprint density at radius 2 is 2.06 bits per heavy atom. The standard InChI is InChI=1S/C15H21NO2/c1-12-9-15(18-13(2)17,11-16(3)10-12)14-7-5-4-6-8-14/h4-8,12H,9-11H2,1-3H3/p+1/t12-,15-/m0/s1. The first-order valence-electron chi connectivity index (χ1n) is 6.58. The number of hydrogen-bond donors (Lipinski definition) is 1. The van der Waals surface area contributed by atoms with Crippen LogP contribution in [0.25, 0.3) is 0 Å². The Hall–Kier alpha value is -1.35. The van der Waals surface area contributed by atoms with Gasteiger partial charge in [-0.05, 0) is 0 Å². The molecule has 1 N–H and O–H groups in total. The third kappa shape index (κ3) is 2.72. The van der Waals surface area contributed by atoms with Crippen LogP contribution in [0.15, 0.2) is 30.3 Å². The highest BCUT2D eigenvalue weighted by Gasteiger charge is 2.44. The van der Waals surface area contributed by atoms with Crippen LogP contribution >= 0.6 is 0 Å². The van der Waals surface area contributed by atoms with Crippen LogP contribution in [0.4, 0.5) is 0 Å². The smallest absolute Gasteiger partial charge is 0.303 e. The van der Waals surface area contributed by atoms with Crippen LogP contribution < -0.4 is 4.90 Å². The number of carbonyl (C=O) groups is 1. The number of likely N-dealkylation sites (tertiary alicyclic amines) is 1. The minimum atomic E-state index is -0.450. The SMILES string of the molecule is CC(=O)O[C@@]1(c2ccccc2)C[C@H](C)C[NH+](C)C1. The van der Waals surface area contributed by atoms with E-state index in [0.717, 1.165) is 25.1 Å². The summed E-state index contributed by atoms with van der Waals surface area (Å²) in [7, 11) is 2.16. The minimum Gasteiger partial charge on any atom is -0.448 e. The van der Waals surface area contributed by atoms with Crippen molar-refractivity contribution >= 4 is 5.97 Å². The monoisotopic (exact) mass is 248 g/mol. The lowest BCUT2D eigenvalue weighted by atomic mass is 9.81. The molecule has 0 bridgehead atoms. The first kappa shape index (κ1) is 13.1. The lowest BCUT2D eigenvalue weighted by Gasteiger charge is -2.41. The summed E-state index contributed by atoms with van der Waals surface area (Å²) in [4.78, 5) is 12.9. The van der Waals surface area contributed by atoms with Crippen LogP contribution in [0.2, 0.25) is 0 Å². The number of hydrogen-bond acceptors (Lipinski definition) is 2. The van der Waals surface area contributed by atoms with E-state index in [1.54, 1.807) is 0 Å². The molecule has 1 saturated heterocycles. The molecule has 0 saturated carbocycles. The Kier molecular flexibility index (Phi) is 3.71. The van der Waals surface area contributed by atoms with Gasteiger partial charge >= 0.3 is 5.97 Å². The van der Waals surface area contributed by atoms with E-state index in [1.807, 2.05) is 18.2 Å². The molecule has 0 aliphatic carbocycles. The van der Waals surface area contributed by atoms with E-state index in [9.17, 15) is 4.79 Å². The first-order chi connectivity index (χ1) is 8.52. The molecule has 1 heterocycles. The zero-order valence-electron chi connectivity index (χ0n) is 11.4. The van der Waals surface area contributed by atoms with Crippen molar-refractivity contribution in [1.82, 2.24) is 0 Å². The van der Waals surface area contributed by atoms with E-state index in [0.29, 0.717) is 5.92 Å². The quantitative estimate of drug-likeness (QED) is 0.792. The molecule has 3 nitrogen and oxygen atoms in total. The summed E-state index contributed by atoms with van der Waals surface area (Å²) in [6.45, 7) is 5.71. The maximum atomic E-state index is 11.5. The van der Waals surface area contributed by atoms with Gasteiger partial charge in [-0.2, -0.15) is 0 Å². The number of nitrogens with one attached hydrogen (secondary N) is 1. The largest absolute Gasteiger partial charge is 0.448 e. The van der Waals surface area contributed by atoms with Crippen LogP contribution in [0.1, 0.15) is 25.8 Å². The number of quaternary nitrogens is 1. The van der Waals surface area contributed by atoms with Crippen molar-refractivity contribution < 1.29 is 14.4 Å². The van der Waals surface area contributed by atoms with Gasteiger partial charge in [-0.1, -0.05) is 37.3 Å². The van der Waals surface area contributed by atoms with E-state index in [2.05, 4.69) is 26.1 Å². The van der Waals surface area contributed by atoms with Gasteiger partial charge in [0, 0.05) is 24.8 Å². The minimum absolute atomic E-state index is 0.194. The van der Waals surface area contributed by atoms with Gasteiger partial charge in [-0.3, -0.25) is 4.79 Å². The Labute approximate surface area is 109 Å². The molecule has 98 valence electrons. The third-order valence-corrected chi connectivity index (χ3v) is 3.60. The Balaban J connectivity index is 2.37. The highest BCUT2D eigenvalue weighted by molar-refractivity contribution is 5.67. The number of rotatable bonds is 2. The summed E-state index contributed by atoms with van der Waals surface area (Å²) in [6, 6.07) is 10.1. The summed E-state index contributed by atoms with van der Waals surface area (Å²) in [6.07, 6.45) is 0.911. The van der Waals surface area contributed by atoms with Crippen molar-refractivity contribution in [2.24, 2.45) is 5.92 Å². The highest BCUT2D eigenvalue weighted by atomic mass is 16.6. The second kappa shape index (κ2) is 5.11. The molecule has 2 rings (SSSR count). The maximum absolute atomic E-state index is 11.5. The molecule has 1 aliphatic rings. The molecule has 3 atom stereocenters. The zero-order valence-corrected chi connectivity index (χ0v) is 11.4. The molecular formula is C15H22NO2+. The molecule has 0 radical (unpaired) electrons. The molecular weight excluding hydrogens is 226 g/mol. The van der Waals surface area contributed by atoms with Crippen LogP contribution in [0.5, 0.6) is 0 Å². The molecule has 1 unspecified atom stereocenters. The van der Waals surface area contributed by atoms with E-state index in [-0.39, 0.29) is 5.97 Å². The fourth-order valence-electron chi connectivity index (χ4n) is 3.24. The summed E-state index contributed by atoms with van der Waals surface area (Å²) in [5.74, 6) is 0.360. The van der Waals surface area contributed by atoms with Crippen molar-refractivity contribution in [3.63, 3.8) is 0 Å². The number of likely N-dealkylation sites (N-methyl/N-ethyl adjacent to an activating group) is 1. The predicted octanol–water partition coefficient (Wildman–Crippen LogP) is 0.999. The lowest BCUT2D eigenvalue weighted by molar-refractivity contribution is -0.897. The number of piperidine rings is 1. The fourth-order valence-corrected chi connectivity index (χ4v) is 3.24. The Morgan fingerprint density at radius 1 is 1.39 bits per heavy atom. The third-order valence-electron chi connectivity index (χ3n) is 3.60. The van der Waals surface area contributed by atoms with Gasteiger partial charge in [0.2, 0.25) is 0 Å². The summed E-state index contributed by atoms with van der Waals surface area (Å²) < 4.78 is 5.75. The summed E-state index contributed by atoms with van der Waals surface area (Å²) in [5, 5.41) is 0. The molecule has 1 aliphatic heterocycles. The van der Waals surface area contributed by atoms with E-state index in [4.69, 9.17) is 4.74 Å². The first-order valence-corrected chi connectivity index (χ1v) is 6.58. The van der Waals surface area contributed by atoms with Crippen molar-refractivity contribution in [2.45, 2.75) is 25.9 Å². The van der Waals surface area contributed by atoms with Crippen LogP contribution in [0.3, 0.4) is 0 Å². The molecule has 0 amide bonds. The van der Waals surface area contributed by atoms with Gasteiger partial charge in [-0.25, -0.2) is 0 Å². The summed E-state index contributed by atoms with van der Waals surface area (Å²) >= 11 is 0. The second-order valence-corrected chi connectivity index (χ2v) is 5.60. The van der Waals surface area contributed by atoms with Gasteiger partial charge in [0.1, 0.15) is 6.54 Å². The Morgan fingerprint density at radius 3 is 2.61 bits per heavy atom. The van der Waals surface area contributed by atoms with E-state index >= 15 is 0 Å². The van der Waals surface area contributed by atoms with Crippen LogP contribution in [0, 0.1) is 5.92 Å². The predicted molar refractivity (Wildman–Crippen MR) is 70.3 cm³/mol. The fraction of sp³-hybridized carbons (Fsp3) is 0.533. The second-order valence-electron chi connectivity index (χ2n) is 5.60. The molecule has 18 heavy (non-hydrogen) atoms. The topological polar surface area (TPSA) is 30.7 Å². The normalized spacial score (nSPS) is 31.9.